The van der Waals surface area contributed by atoms with Crippen LogP contribution in [0.3, 0.4) is 0 Å². The summed E-state index contributed by atoms with van der Waals surface area (Å²) in [5.41, 5.74) is 0. The zero-order valence-electron chi connectivity index (χ0n) is 51.2. The molecule has 1 aliphatic rings. The quantitative estimate of drug-likeness (QED) is 0.0215. The van der Waals surface area contributed by atoms with E-state index in [0.717, 1.165) is 38.5 Å². The molecule has 1 saturated heterocycles. The Kier molecular flexibility index (Phi) is 54.1. The molecule has 9 atom stereocenters. The summed E-state index contributed by atoms with van der Waals surface area (Å²) in [6.45, 7) is 3.50. The summed E-state index contributed by atoms with van der Waals surface area (Å²) in [6.07, 6.45) is 57.2. The topological polar surface area (TPSA) is 189 Å². The van der Waals surface area contributed by atoms with Gasteiger partial charge in [0, 0.05) is 0 Å². The summed E-state index contributed by atoms with van der Waals surface area (Å²) in [4.78, 5) is 13.2. The average Bonchev–Trinajstić information content (AvgIpc) is 3.46. The van der Waals surface area contributed by atoms with Crippen molar-refractivity contribution >= 4 is 5.91 Å². The van der Waals surface area contributed by atoms with E-state index < -0.39 is 74.2 Å². The number of carbonyl (C=O) groups is 1. The molecule has 1 amide bonds. The second-order valence-corrected chi connectivity index (χ2v) is 24.3. The highest BCUT2D eigenvalue weighted by atomic mass is 16.7. The first-order valence-electron chi connectivity index (χ1n) is 34.1. The molecule has 8 N–H and O–H groups in total. The van der Waals surface area contributed by atoms with Gasteiger partial charge in [-0.2, -0.15) is 0 Å². The molecule has 1 heterocycles. The maximum absolute atomic E-state index is 13.2. The number of amides is 1. The molecule has 1 aliphatic heterocycles. The van der Waals surface area contributed by atoms with Crippen LogP contribution >= 0.6 is 0 Å². The van der Waals surface area contributed by atoms with E-state index >= 15 is 0 Å². The van der Waals surface area contributed by atoms with Crippen molar-refractivity contribution in [3.63, 3.8) is 0 Å². The van der Waals surface area contributed by atoms with E-state index in [4.69, 9.17) is 9.47 Å². The maximum Gasteiger partial charge on any atom is 0.249 e. The largest absolute Gasteiger partial charge is 0.394 e. The molecule has 0 spiro atoms. The van der Waals surface area contributed by atoms with Crippen molar-refractivity contribution in [1.82, 2.24) is 5.32 Å². The first kappa shape index (κ1) is 74.9. The van der Waals surface area contributed by atoms with Gasteiger partial charge >= 0.3 is 0 Å². The number of ether oxygens (including phenoxy) is 2. The molecule has 0 bridgehead atoms. The average molecular weight is 1110 g/mol. The molecule has 0 aliphatic carbocycles. The lowest BCUT2D eigenvalue weighted by atomic mass is 9.98. The Morgan fingerprint density at radius 3 is 1.10 bits per heavy atom. The molecule has 11 nitrogen and oxygen atoms in total. The van der Waals surface area contributed by atoms with Crippen molar-refractivity contribution in [2.45, 2.75) is 396 Å². The Labute approximate surface area is 481 Å². The van der Waals surface area contributed by atoms with Gasteiger partial charge in [0.2, 0.25) is 5.91 Å². The number of aliphatic hydroxyl groups is 7. The number of nitrogens with one attached hydrogen (secondary N) is 1. The van der Waals surface area contributed by atoms with E-state index in [2.05, 4.69) is 31.3 Å². The second kappa shape index (κ2) is 56.3. The van der Waals surface area contributed by atoms with Gasteiger partial charge in [0.25, 0.3) is 0 Å². The van der Waals surface area contributed by atoms with Gasteiger partial charge in [0.1, 0.15) is 36.6 Å². The van der Waals surface area contributed by atoms with Crippen molar-refractivity contribution in [1.29, 1.82) is 0 Å². The monoisotopic (exact) mass is 1110 g/mol. The number of carbonyl (C=O) groups excluding carboxylic acids is 1. The number of hydrogen-bond donors (Lipinski definition) is 8. The van der Waals surface area contributed by atoms with Crippen molar-refractivity contribution in [3.8, 4) is 0 Å². The summed E-state index contributed by atoms with van der Waals surface area (Å²) in [5.74, 6) is -0.698. The lowest BCUT2D eigenvalue weighted by Crippen LogP contribution is -2.60. The normalized spacial score (nSPS) is 19.4. The van der Waals surface area contributed by atoms with Crippen LogP contribution in [0.1, 0.15) is 341 Å². The highest BCUT2D eigenvalue weighted by Gasteiger charge is 2.44. The Morgan fingerprint density at radius 1 is 0.436 bits per heavy atom. The Bertz CT molecular complexity index is 1270. The minimum Gasteiger partial charge on any atom is -0.394 e. The molecular formula is C67H131NO10. The maximum atomic E-state index is 13.2. The minimum absolute atomic E-state index is 0.260. The van der Waals surface area contributed by atoms with Gasteiger partial charge in [-0.15, -0.1) is 0 Å². The number of unbranched alkanes of at least 4 members (excludes halogenated alkanes) is 46. The summed E-state index contributed by atoms with van der Waals surface area (Å²) < 4.78 is 11.2. The molecule has 0 aromatic carbocycles. The van der Waals surface area contributed by atoms with E-state index in [0.29, 0.717) is 12.8 Å². The fourth-order valence-electron chi connectivity index (χ4n) is 11.3. The van der Waals surface area contributed by atoms with E-state index in [1.807, 2.05) is 0 Å². The minimum atomic E-state index is -1.67. The third-order valence-corrected chi connectivity index (χ3v) is 16.8. The van der Waals surface area contributed by atoms with Gasteiger partial charge in [0.05, 0.1) is 25.4 Å². The third kappa shape index (κ3) is 43.5. The molecule has 11 heteroatoms. The van der Waals surface area contributed by atoms with Gasteiger partial charge in [-0.3, -0.25) is 4.79 Å². The lowest BCUT2D eigenvalue weighted by molar-refractivity contribution is -0.303. The van der Waals surface area contributed by atoms with Crippen LogP contribution in [0.15, 0.2) is 12.2 Å². The summed E-state index contributed by atoms with van der Waals surface area (Å²) in [7, 11) is 0. The van der Waals surface area contributed by atoms with Crippen LogP contribution in [-0.4, -0.2) is 110 Å². The summed E-state index contributed by atoms with van der Waals surface area (Å²) >= 11 is 0. The highest BCUT2D eigenvalue weighted by Crippen LogP contribution is 2.24. The molecule has 0 saturated carbocycles. The number of allylic oxidation sites excluding steroid dienone is 2. The molecule has 0 aromatic rings. The first-order valence-corrected chi connectivity index (χ1v) is 34.1. The van der Waals surface area contributed by atoms with E-state index in [1.54, 1.807) is 0 Å². The third-order valence-electron chi connectivity index (χ3n) is 16.8. The van der Waals surface area contributed by atoms with Crippen LogP contribution in [0.2, 0.25) is 0 Å². The summed E-state index contributed by atoms with van der Waals surface area (Å²) in [5, 5.41) is 76.4. The molecule has 464 valence electrons. The molecule has 9 unspecified atom stereocenters. The van der Waals surface area contributed by atoms with E-state index in [-0.39, 0.29) is 12.8 Å². The van der Waals surface area contributed by atoms with Crippen molar-refractivity contribution in [2.75, 3.05) is 13.2 Å². The van der Waals surface area contributed by atoms with Crippen LogP contribution < -0.4 is 5.32 Å². The SMILES string of the molecule is CCCCCCCCCCCCCCCCCCCCCCCC/C=C/CCCC(O)C(O)C(COC1OC(CO)C(O)C(O)C1O)NC(=O)C(O)CCCCCCCCCCCCCCCCCCCCCCCCCC. The van der Waals surface area contributed by atoms with Crippen LogP contribution in [0.25, 0.3) is 0 Å². The zero-order valence-corrected chi connectivity index (χ0v) is 51.2. The van der Waals surface area contributed by atoms with Gasteiger partial charge in [-0.1, -0.05) is 315 Å². The standard InChI is InChI=1S/C67H131NO10/c1-3-5-7-9-11-13-15-17-19-21-23-25-27-29-30-31-33-34-36-38-40-42-44-46-48-50-52-54-59(70)62(72)58(57-77-67-65(75)64(74)63(73)61(56-69)78-67)68-66(76)60(71)55-53-51-49-47-45-43-41-39-37-35-32-28-26-24-22-20-18-16-14-12-10-8-6-4-2/h46,48,58-65,67,69-75H,3-45,47,49-57H2,1-2H3,(H,68,76)/b48-46+. The lowest BCUT2D eigenvalue weighted by Gasteiger charge is -2.40. The molecular weight excluding hydrogens is 979 g/mol. The fraction of sp³-hybridized carbons (Fsp3) is 0.955. The highest BCUT2D eigenvalue weighted by molar-refractivity contribution is 5.80. The Morgan fingerprint density at radius 2 is 0.756 bits per heavy atom. The second-order valence-electron chi connectivity index (χ2n) is 24.3. The molecule has 1 rings (SSSR count). The van der Waals surface area contributed by atoms with Crippen LogP contribution in [0, 0.1) is 0 Å². The van der Waals surface area contributed by atoms with Crippen LogP contribution in [-0.2, 0) is 14.3 Å². The number of hydrogen-bond acceptors (Lipinski definition) is 10. The summed E-state index contributed by atoms with van der Waals surface area (Å²) in [6, 6.07) is -1.18. The van der Waals surface area contributed by atoms with Gasteiger partial charge in [-0.05, 0) is 38.5 Å². The van der Waals surface area contributed by atoms with Crippen LogP contribution in [0.5, 0.6) is 0 Å². The Balaban J connectivity index is 2.23. The molecule has 0 radical (unpaired) electrons. The zero-order chi connectivity index (χ0) is 56.8. The molecule has 1 fully saturated rings. The van der Waals surface area contributed by atoms with Gasteiger partial charge < -0.3 is 50.5 Å². The molecule has 78 heavy (non-hydrogen) atoms. The van der Waals surface area contributed by atoms with Crippen LogP contribution in [0.4, 0.5) is 0 Å². The first-order chi connectivity index (χ1) is 38.2. The number of rotatable bonds is 60. The van der Waals surface area contributed by atoms with Gasteiger partial charge in [-0.25, -0.2) is 0 Å². The fourth-order valence-corrected chi connectivity index (χ4v) is 11.3. The van der Waals surface area contributed by atoms with E-state index in [9.17, 15) is 40.5 Å². The Hall–Kier alpha value is -1.15. The smallest absolute Gasteiger partial charge is 0.249 e. The van der Waals surface area contributed by atoms with Gasteiger partial charge in [0.15, 0.2) is 6.29 Å². The van der Waals surface area contributed by atoms with Crippen molar-refractivity contribution in [3.05, 3.63) is 12.2 Å². The molecule has 0 aromatic heterocycles. The predicted octanol–water partition coefficient (Wildman–Crippen LogP) is 15.9. The number of aliphatic hydroxyl groups excluding tert-OH is 7. The van der Waals surface area contributed by atoms with E-state index in [1.165, 1.54) is 263 Å². The predicted molar refractivity (Wildman–Crippen MR) is 326 cm³/mol. The van der Waals surface area contributed by atoms with Crippen molar-refractivity contribution in [2.24, 2.45) is 0 Å². The van der Waals surface area contributed by atoms with Crippen molar-refractivity contribution < 1.29 is 50.0 Å².